The highest BCUT2D eigenvalue weighted by Gasteiger charge is 2.36. The van der Waals surface area contributed by atoms with Crippen LogP contribution in [0.2, 0.25) is 0 Å². The monoisotopic (exact) mass is 431 g/mol. The fraction of sp³-hybridized carbons (Fsp3) is 0.609. The second-order valence-corrected chi connectivity index (χ2v) is 10.0. The number of hydrogen-bond donors (Lipinski definition) is 1. The third-order valence-electron chi connectivity index (χ3n) is 5.76. The van der Waals surface area contributed by atoms with Crippen molar-refractivity contribution in [3.63, 3.8) is 0 Å². The Bertz CT molecular complexity index is 993. The molecule has 0 unspecified atom stereocenters. The minimum absolute atomic E-state index is 0.0403. The van der Waals surface area contributed by atoms with Gasteiger partial charge in [0.2, 0.25) is 0 Å². The van der Waals surface area contributed by atoms with Crippen LogP contribution in [-0.2, 0) is 14.3 Å². The smallest absolute Gasteiger partial charge is 0.356 e. The van der Waals surface area contributed by atoms with Gasteiger partial charge in [-0.3, -0.25) is 4.40 Å². The van der Waals surface area contributed by atoms with Gasteiger partial charge in [-0.25, -0.2) is 14.6 Å². The molecule has 1 aliphatic heterocycles. The maximum absolute atomic E-state index is 12.8. The second-order valence-electron chi connectivity index (χ2n) is 10.0. The normalized spacial score (nSPS) is 17.6. The van der Waals surface area contributed by atoms with E-state index in [-0.39, 0.29) is 11.1 Å². The molecule has 0 aromatic carbocycles. The summed E-state index contributed by atoms with van der Waals surface area (Å²) in [4.78, 5) is 30.9. The standard InChI is InChI=1S/C23H33N3O5/c1-14-12-16-24-15(20(27)28)13-26(16)19(25-10-8-23(5,6)9-11-25)17(14)18(21(29)30-7)31-22(2,3)4/h12-13,18H,8-11H2,1-7H3,(H,27,28)/t18-/m0/s1. The maximum atomic E-state index is 12.8. The topological polar surface area (TPSA) is 93.4 Å². The molecular formula is C23H33N3O5. The number of rotatable bonds is 5. The first-order chi connectivity index (χ1) is 14.3. The van der Waals surface area contributed by atoms with Crippen LogP contribution < -0.4 is 4.90 Å². The number of carboxylic acid groups (broad SMARTS) is 1. The highest BCUT2D eigenvalue weighted by atomic mass is 16.6. The second kappa shape index (κ2) is 8.15. The molecule has 170 valence electrons. The molecule has 1 aliphatic rings. The largest absolute Gasteiger partial charge is 0.476 e. The van der Waals surface area contributed by atoms with E-state index >= 15 is 0 Å². The number of aryl methyl sites for hydroxylation is 1. The molecule has 2 aromatic heterocycles. The van der Waals surface area contributed by atoms with Crippen LogP contribution in [-0.4, -0.2) is 52.2 Å². The van der Waals surface area contributed by atoms with E-state index in [1.165, 1.54) is 13.3 Å². The van der Waals surface area contributed by atoms with Crippen molar-refractivity contribution in [1.82, 2.24) is 9.38 Å². The summed E-state index contributed by atoms with van der Waals surface area (Å²) in [6.07, 6.45) is 2.52. The van der Waals surface area contributed by atoms with Gasteiger partial charge in [-0.05, 0) is 57.6 Å². The van der Waals surface area contributed by atoms with Crippen LogP contribution in [0.25, 0.3) is 5.65 Å². The number of anilines is 1. The molecule has 0 amide bonds. The molecule has 0 spiro atoms. The van der Waals surface area contributed by atoms with Gasteiger partial charge in [0.05, 0.1) is 12.7 Å². The van der Waals surface area contributed by atoms with E-state index in [1.807, 2.05) is 27.7 Å². The number of carbonyl (C=O) groups excluding carboxylic acids is 1. The van der Waals surface area contributed by atoms with E-state index in [0.717, 1.165) is 37.3 Å². The third-order valence-corrected chi connectivity index (χ3v) is 5.76. The lowest BCUT2D eigenvalue weighted by atomic mass is 9.82. The minimum atomic E-state index is -1.09. The number of esters is 1. The van der Waals surface area contributed by atoms with Gasteiger partial charge < -0.3 is 19.5 Å². The van der Waals surface area contributed by atoms with Crippen molar-refractivity contribution < 1.29 is 24.2 Å². The molecule has 0 bridgehead atoms. The highest BCUT2D eigenvalue weighted by Crippen LogP contribution is 2.39. The maximum Gasteiger partial charge on any atom is 0.356 e. The SMILES string of the molecule is COC(=O)[C@@H](OC(C)(C)C)c1c(C)cc2nc(C(=O)O)cn2c1N1CCC(C)(C)CC1. The van der Waals surface area contributed by atoms with E-state index in [0.29, 0.717) is 11.2 Å². The summed E-state index contributed by atoms with van der Waals surface area (Å²) in [7, 11) is 1.35. The van der Waals surface area contributed by atoms with Crippen molar-refractivity contribution in [3.8, 4) is 0 Å². The van der Waals surface area contributed by atoms with Crippen LogP contribution in [0.1, 0.15) is 75.2 Å². The Morgan fingerprint density at radius 2 is 1.84 bits per heavy atom. The summed E-state index contributed by atoms with van der Waals surface area (Å²) in [5, 5.41) is 9.49. The van der Waals surface area contributed by atoms with Crippen molar-refractivity contribution in [1.29, 1.82) is 0 Å². The van der Waals surface area contributed by atoms with E-state index in [1.54, 1.807) is 10.5 Å². The lowest BCUT2D eigenvalue weighted by Crippen LogP contribution is -2.40. The summed E-state index contributed by atoms with van der Waals surface area (Å²) < 4.78 is 13.0. The molecule has 1 N–H and O–H groups in total. The van der Waals surface area contributed by atoms with Crippen LogP contribution >= 0.6 is 0 Å². The Morgan fingerprint density at radius 3 is 2.35 bits per heavy atom. The summed E-state index contributed by atoms with van der Waals surface area (Å²) >= 11 is 0. The molecule has 31 heavy (non-hydrogen) atoms. The Kier molecular flexibility index (Phi) is 6.06. The van der Waals surface area contributed by atoms with Crippen molar-refractivity contribution in [2.45, 2.75) is 66.1 Å². The average Bonchev–Trinajstić information content (AvgIpc) is 3.08. The van der Waals surface area contributed by atoms with Gasteiger partial charge in [-0.1, -0.05) is 13.8 Å². The number of nitrogens with zero attached hydrogens (tertiary/aromatic N) is 3. The molecule has 0 radical (unpaired) electrons. The molecule has 1 saturated heterocycles. The number of piperidine rings is 1. The molecule has 2 aromatic rings. The van der Waals surface area contributed by atoms with Gasteiger partial charge in [-0.2, -0.15) is 0 Å². The number of pyridine rings is 1. The first-order valence-electron chi connectivity index (χ1n) is 10.6. The zero-order valence-electron chi connectivity index (χ0n) is 19.5. The summed E-state index contributed by atoms with van der Waals surface area (Å²) in [6, 6.07) is 1.79. The minimum Gasteiger partial charge on any atom is -0.476 e. The van der Waals surface area contributed by atoms with Gasteiger partial charge in [0.1, 0.15) is 11.5 Å². The van der Waals surface area contributed by atoms with Crippen molar-refractivity contribution in [2.75, 3.05) is 25.1 Å². The molecule has 3 rings (SSSR count). The number of ether oxygens (including phenoxy) is 2. The number of methoxy groups -OCH3 is 1. The Balaban J connectivity index is 2.26. The lowest BCUT2D eigenvalue weighted by Gasteiger charge is -2.40. The van der Waals surface area contributed by atoms with Crippen molar-refractivity contribution >= 4 is 23.4 Å². The van der Waals surface area contributed by atoms with Gasteiger partial charge in [0.25, 0.3) is 0 Å². The number of hydrogen-bond acceptors (Lipinski definition) is 6. The van der Waals surface area contributed by atoms with Gasteiger partial charge in [0, 0.05) is 24.8 Å². The molecule has 0 aliphatic carbocycles. The van der Waals surface area contributed by atoms with E-state index in [9.17, 15) is 14.7 Å². The quantitative estimate of drug-likeness (QED) is 0.715. The van der Waals surface area contributed by atoms with E-state index in [4.69, 9.17) is 9.47 Å². The number of carbonyl (C=O) groups is 2. The predicted octanol–water partition coefficient (Wildman–Crippen LogP) is 4.00. The first kappa shape index (κ1) is 23.1. The Morgan fingerprint density at radius 1 is 1.23 bits per heavy atom. The Labute approximate surface area is 183 Å². The zero-order valence-corrected chi connectivity index (χ0v) is 19.5. The average molecular weight is 432 g/mol. The molecule has 1 atom stereocenters. The van der Waals surface area contributed by atoms with E-state index in [2.05, 4.69) is 23.7 Å². The number of aromatic nitrogens is 2. The summed E-state index contributed by atoms with van der Waals surface area (Å²) in [5.41, 5.74) is 1.60. The van der Waals surface area contributed by atoms with E-state index < -0.39 is 23.6 Å². The van der Waals surface area contributed by atoms with Crippen LogP contribution in [0.3, 0.4) is 0 Å². The Hall–Kier alpha value is -2.61. The lowest BCUT2D eigenvalue weighted by molar-refractivity contribution is -0.164. The molecule has 0 saturated carbocycles. The first-order valence-corrected chi connectivity index (χ1v) is 10.6. The fourth-order valence-electron chi connectivity index (χ4n) is 4.00. The third kappa shape index (κ3) is 4.84. The highest BCUT2D eigenvalue weighted by molar-refractivity contribution is 5.87. The summed E-state index contributed by atoms with van der Waals surface area (Å²) in [5.74, 6) is -0.844. The number of aromatic carboxylic acids is 1. The van der Waals surface area contributed by atoms with Crippen LogP contribution in [0.15, 0.2) is 12.3 Å². The van der Waals surface area contributed by atoms with Crippen molar-refractivity contribution in [3.05, 3.63) is 29.1 Å². The van der Waals surface area contributed by atoms with Crippen LogP contribution in [0.4, 0.5) is 5.82 Å². The van der Waals surface area contributed by atoms with Crippen LogP contribution in [0.5, 0.6) is 0 Å². The number of carboxylic acids is 1. The molecule has 8 heteroatoms. The molecule has 8 nitrogen and oxygen atoms in total. The fourth-order valence-corrected chi connectivity index (χ4v) is 4.00. The van der Waals surface area contributed by atoms with Crippen molar-refractivity contribution in [2.24, 2.45) is 5.41 Å². The summed E-state index contributed by atoms with van der Waals surface area (Å²) in [6.45, 7) is 13.6. The number of fused-ring (bicyclic) bond motifs is 1. The predicted molar refractivity (Wildman–Crippen MR) is 118 cm³/mol. The zero-order chi connectivity index (χ0) is 23.1. The molecule has 1 fully saturated rings. The van der Waals surface area contributed by atoms with Crippen LogP contribution in [0, 0.1) is 12.3 Å². The van der Waals surface area contributed by atoms with Gasteiger partial charge in [0.15, 0.2) is 11.8 Å². The van der Waals surface area contributed by atoms with Gasteiger partial charge in [-0.15, -0.1) is 0 Å². The molecule has 3 heterocycles. The number of imidazole rings is 1. The molecular weight excluding hydrogens is 398 g/mol. The van der Waals surface area contributed by atoms with Gasteiger partial charge >= 0.3 is 11.9 Å².